The van der Waals surface area contributed by atoms with E-state index in [1.807, 2.05) is 6.08 Å². The average Bonchev–Trinajstić information content (AvgIpc) is 4.30. The van der Waals surface area contributed by atoms with E-state index >= 15 is 0 Å². The molecule has 0 radical (unpaired) electrons. The molecule has 0 atom stereocenters. The molecule has 6 aromatic heterocycles. The van der Waals surface area contributed by atoms with Crippen molar-refractivity contribution in [1.82, 2.24) is 38.2 Å². The van der Waals surface area contributed by atoms with Crippen LogP contribution in [0.3, 0.4) is 0 Å². The van der Waals surface area contributed by atoms with Gasteiger partial charge in [0, 0.05) is 54.4 Å². The van der Waals surface area contributed by atoms with Gasteiger partial charge in [-0.1, -0.05) is 181 Å². The second-order valence-electron chi connectivity index (χ2n) is 21.4. The first-order chi connectivity index (χ1) is 39.8. The number of benzene rings is 9. The maximum atomic E-state index is 6.40. The molecule has 6 heterocycles. The highest BCUT2D eigenvalue weighted by Crippen LogP contribution is 2.48. The molecule has 0 fully saturated rings. The standard InChI is InChI=1S/C73H54N8/c1-7-23-50-51-24-9-16-31-59(51)78(58(50)8-2)67-66(71-75-69(48-40-44(3)38-45(4)41-48)74-70(76-71)49-42-46(5)39-47(6)43-49)68(79-60-32-17-10-25-52(60)53-26-11-18-33-61(53)79)73(81-64-36-21-14-29-56(64)57-30-15-22-37-65(57)81)77-72(67)80-62-34-19-12-27-54(62)55-28-13-20-35-63(55)80/h7-43H,2H2,1,3-6H3/b23-7-. The van der Waals surface area contributed by atoms with Crippen LogP contribution in [0.25, 0.3) is 146 Å². The first-order valence-corrected chi connectivity index (χ1v) is 27.6. The molecule has 0 saturated heterocycles. The number of aromatic nitrogens is 8. The van der Waals surface area contributed by atoms with E-state index < -0.39 is 0 Å². The predicted molar refractivity (Wildman–Crippen MR) is 338 cm³/mol. The maximum absolute atomic E-state index is 6.40. The number of fused-ring (bicyclic) bond motifs is 10. The molecular weight excluding hydrogens is 989 g/mol. The van der Waals surface area contributed by atoms with Crippen molar-refractivity contribution >= 4 is 88.5 Å². The third kappa shape index (κ3) is 7.37. The molecule has 0 amide bonds. The van der Waals surface area contributed by atoms with Gasteiger partial charge in [-0.3, -0.25) is 9.13 Å². The number of nitrogens with zero attached hydrogens (tertiary/aromatic N) is 8. The lowest BCUT2D eigenvalue weighted by Crippen LogP contribution is -2.17. The molecule has 8 nitrogen and oxygen atoms in total. The molecule has 0 unspecified atom stereocenters. The summed E-state index contributed by atoms with van der Waals surface area (Å²) in [5, 5.41) is 7.73. The molecule has 0 N–H and O–H groups in total. The van der Waals surface area contributed by atoms with Crippen LogP contribution in [0, 0.1) is 27.7 Å². The topological polar surface area (TPSA) is 71.3 Å². The van der Waals surface area contributed by atoms with E-state index in [1.165, 1.54) is 0 Å². The highest BCUT2D eigenvalue weighted by molar-refractivity contribution is 6.14. The van der Waals surface area contributed by atoms with Crippen molar-refractivity contribution in [3.63, 3.8) is 0 Å². The largest absolute Gasteiger partial charge is 0.305 e. The van der Waals surface area contributed by atoms with E-state index in [0.717, 1.165) is 138 Å². The molecule has 0 aliphatic heterocycles. The number of hydrogen-bond acceptors (Lipinski definition) is 4. The molecule has 15 rings (SSSR count). The third-order valence-corrected chi connectivity index (χ3v) is 16.0. The van der Waals surface area contributed by atoms with E-state index in [1.54, 1.807) is 0 Å². The van der Waals surface area contributed by atoms with Crippen LogP contribution in [0.2, 0.25) is 0 Å². The second kappa shape index (κ2) is 18.6. The summed E-state index contributed by atoms with van der Waals surface area (Å²) in [6.45, 7) is 15.3. The van der Waals surface area contributed by atoms with Gasteiger partial charge in [0.15, 0.2) is 29.1 Å². The van der Waals surface area contributed by atoms with Crippen LogP contribution in [0.5, 0.6) is 0 Å². The van der Waals surface area contributed by atoms with Crippen molar-refractivity contribution in [2.75, 3.05) is 0 Å². The Kier molecular flexibility index (Phi) is 11.0. The summed E-state index contributed by atoms with van der Waals surface area (Å²) in [7, 11) is 0. The van der Waals surface area contributed by atoms with Gasteiger partial charge in [0.25, 0.3) is 0 Å². The zero-order valence-electron chi connectivity index (χ0n) is 45.6. The van der Waals surface area contributed by atoms with Crippen LogP contribution in [0.4, 0.5) is 0 Å². The quantitative estimate of drug-likeness (QED) is 0.144. The molecule has 8 heteroatoms. The highest BCUT2D eigenvalue weighted by atomic mass is 15.2. The summed E-state index contributed by atoms with van der Waals surface area (Å²) in [6.07, 6.45) is 6.30. The number of aryl methyl sites for hydroxylation is 4. The second-order valence-corrected chi connectivity index (χ2v) is 21.4. The maximum Gasteiger partial charge on any atom is 0.168 e. The van der Waals surface area contributed by atoms with Crippen molar-refractivity contribution in [3.05, 3.63) is 252 Å². The number of para-hydroxylation sites is 7. The summed E-state index contributed by atoms with van der Waals surface area (Å²) in [4.78, 5) is 23.7. The average molecular weight is 1040 g/mol. The minimum atomic E-state index is 0.479. The minimum absolute atomic E-state index is 0.479. The Labute approximate surface area is 468 Å². The van der Waals surface area contributed by atoms with E-state index in [-0.39, 0.29) is 0 Å². The molecule has 0 bridgehead atoms. The van der Waals surface area contributed by atoms with Crippen molar-refractivity contribution in [1.29, 1.82) is 0 Å². The Bertz CT molecular complexity index is 4880. The Hall–Kier alpha value is -10.4. The van der Waals surface area contributed by atoms with Gasteiger partial charge < -0.3 is 9.13 Å². The molecule has 15 aromatic rings. The number of allylic oxidation sites excluding steroid dienone is 1. The summed E-state index contributed by atoms with van der Waals surface area (Å²) in [5.41, 5.74) is 17.5. The van der Waals surface area contributed by atoms with E-state index in [2.05, 4.69) is 278 Å². The number of pyridine rings is 1. The fourth-order valence-electron chi connectivity index (χ4n) is 13.0. The monoisotopic (exact) mass is 1040 g/mol. The van der Waals surface area contributed by atoms with Crippen LogP contribution in [0.15, 0.2) is 219 Å². The molecule has 0 aliphatic carbocycles. The van der Waals surface area contributed by atoms with Gasteiger partial charge >= 0.3 is 0 Å². The third-order valence-electron chi connectivity index (χ3n) is 16.0. The van der Waals surface area contributed by atoms with Crippen LogP contribution in [-0.4, -0.2) is 38.2 Å². The molecule has 0 saturated carbocycles. The Morgan fingerprint density at radius 2 is 0.654 bits per heavy atom. The van der Waals surface area contributed by atoms with Gasteiger partial charge in [0.2, 0.25) is 0 Å². The lowest BCUT2D eigenvalue weighted by Gasteiger charge is -2.26. The molecule has 0 spiro atoms. The number of rotatable bonds is 9. The lowest BCUT2D eigenvalue weighted by atomic mass is 10.0. The summed E-state index contributed by atoms with van der Waals surface area (Å²) in [6, 6.07) is 74.0. The smallest absolute Gasteiger partial charge is 0.168 e. The molecule has 81 heavy (non-hydrogen) atoms. The van der Waals surface area contributed by atoms with Gasteiger partial charge in [0.05, 0.1) is 49.9 Å². The zero-order chi connectivity index (χ0) is 54.6. The van der Waals surface area contributed by atoms with Crippen molar-refractivity contribution in [2.45, 2.75) is 34.6 Å². The fraction of sp³-hybridized carbons (Fsp3) is 0.0685. The van der Waals surface area contributed by atoms with E-state index in [4.69, 9.17) is 19.9 Å². The van der Waals surface area contributed by atoms with Gasteiger partial charge in [-0.05, 0) is 107 Å². The van der Waals surface area contributed by atoms with Crippen molar-refractivity contribution in [3.8, 4) is 57.2 Å². The lowest BCUT2D eigenvalue weighted by molar-refractivity contribution is 0.942. The highest BCUT2D eigenvalue weighted by Gasteiger charge is 2.34. The first-order valence-electron chi connectivity index (χ1n) is 27.6. The van der Waals surface area contributed by atoms with Gasteiger partial charge in [-0.2, -0.15) is 0 Å². The Morgan fingerprint density at radius 1 is 0.346 bits per heavy atom. The normalized spacial score (nSPS) is 12.0. The van der Waals surface area contributed by atoms with E-state index in [0.29, 0.717) is 29.1 Å². The van der Waals surface area contributed by atoms with Crippen LogP contribution in [0.1, 0.15) is 40.4 Å². The summed E-state index contributed by atoms with van der Waals surface area (Å²) >= 11 is 0. The first kappa shape index (κ1) is 47.7. The van der Waals surface area contributed by atoms with Gasteiger partial charge in [0.1, 0.15) is 11.4 Å². The van der Waals surface area contributed by atoms with Gasteiger partial charge in [-0.25, -0.2) is 19.9 Å². The molecule has 0 aliphatic rings. The van der Waals surface area contributed by atoms with Gasteiger partial charge in [-0.15, -0.1) is 0 Å². The minimum Gasteiger partial charge on any atom is -0.305 e. The number of hydrogen-bond donors (Lipinski definition) is 0. The van der Waals surface area contributed by atoms with Crippen LogP contribution in [-0.2, 0) is 0 Å². The predicted octanol–water partition coefficient (Wildman–Crippen LogP) is 18.4. The Balaban J connectivity index is 1.29. The van der Waals surface area contributed by atoms with E-state index in [9.17, 15) is 0 Å². The fourth-order valence-corrected chi connectivity index (χ4v) is 13.0. The summed E-state index contributed by atoms with van der Waals surface area (Å²) in [5.74, 6) is 2.98. The molecular formula is C73H54N8. The molecule has 9 aromatic carbocycles. The van der Waals surface area contributed by atoms with Crippen molar-refractivity contribution in [2.24, 2.45) is 0 Å². The summed E-state index contributed by atoms with van der Waals surface area (Å²) < 4.78 is 9.54. The molecule has 386 valence electrons. The zero-order valence-corrected chi connectivity index (χ0v) is 45.6. The Morgan fingerprint density at radius 3 is 1.01 bits per heavy atom. The van der Waals surface area contributed by atoms with Crippen LogP contribution < -0.4 is 0 Å². The SMILES string of the molecule is C=Cc1c(/C=C\C)c2ccccc2n1-c1c(-n2c3ccccc3c3ccccc32)nc(-n2c3ccccc3c3ccccc32)c(-n2c3ccccc3c3ccccc32)c1-c1nc(-c2cc(C)cc(C)c2)nc(-c2cc(C)cc(C)c2)n1. The van der Waals surface area contributed by atoms with Crippen molar-refractivity contribution < 1.29 is 0 Å². The van der Waals surface area contributed by atoms with Crippen LogP contribution >= 0.6 is 0 Å².